The summed E-state index contributed by atoms with van der Waals surface area (Å²) in [6.45, 7) is 0. The molecule has 1 heterocycles. The third-order valence-electron chi connectivity index (χ3n) is 2.31. The highest BCUT2D eigenvalue weighted by molar-refractivity contribution is 14.1. The van der Waals surface area contributed by atoms with Gasteiger partial charge in [0.05, 0.1) is 22.6 Å². The van der Waals surface area contributed by atoms with Crippen molar-refractivity contribution < 1.29 is 14.3 Å². The number of carboxylic acids is 1. The molecule has 0 atom stereocenters. The number of carbonyl (C=O) groups is 1. The van der Waals surface area contributed by atoms with E-state index in [4.69, 9.17) is 16.7 Å². The van der Waals surface area contributed by atoms with Crippen LogP contribution in [0.15, 0.2) is 30.6 Å². The number of nitrogens with zero attached hydrogens (tertiary/aromatic N) is 1. The molecule has 1 aromatic carbocycles. The minimum absolute atomic E-state index is 0.0107. The Bertz CT molecular complexity index is 652. The summed E-state index contributed by atoms with van der Waals surface area (Å²) < 4.78 is 14.4. The lowest BCUT2D eigenvalue weighted by atomic mass is 10.2. The van der Waals surface area contributed by atoms with Gasteiger partial charge in [0.15, 0.2) is 0 Å². The second-order valence-corrected chi connectivity index (χ2v) is 5.25. The van der Waals surface area contributed by atoms with Gasteiger partial charge in [0.25, 0.3) is 0 Å². The summed E-state index contributed by atoms with van der Waals surface area (Å²) in [5, 5.41) is 11.8. The summed E-state index contributed by atoms with van der Waals surface area (Å²) >= 11 is 7.76. The van der Waals surface area contributed by atoms with E-state index >= 15 is 0 Å². The van der Waals surface area contributed by atoms with Crippen molar-refractivity contribution in [3.8, 4) is 0 Å². The average molecular weight is 393 g/mol. The van der Waals surface area contributed by atoms with Crippen molar-refractivity contribution in [3.05, 3.63) is 50.6 Å². The third-order valence-corrected chi connectivity index (χ3v) is 3.27. The SMILES string of the molecule is O=C(O)c1c(Cl)cncc1Nc1ccc(I)cc1F. The number of hydrogen-bond donors (Lipinski definition) is 2. The number of rotatable bonds is 3. The minimum atomic E-state index is -1.21. The molecule has 0 bridgehead atoms. The number of benzene rings is 1. The Morgan fingerprint density at radius 2 is 2.11 bits per heavy atom. The first kappa shape index (κ1) is 14.0. The van der Waals surface area contributed by atoms with Crippen LogP contribution in [0.5, 0.6) is 0 Å². The van der Waals surface area contributed by atoms with Gasteiger partial charge in [-0.2, -0.15) is 0 Å². The first-order chi connectivity index (χ1) is 8.99. The van der Waals surface area contributed by atoms with Crippen molar-refractivity contribution in [2.24, 2.45) is 0 Å². The fourth-order valence-corrected chi connectivity index (χ4v) is 2.18. The Kier molecular flexibility index (Phi) is 4.20. The zero-order valence-corrected chi connectivity index (χ0v) is 12.2. The topological polar surface area (TPSA) is 62.2 Å². The monoisotopic (exact) mass is 392 g/mol. The maximum Gasteiger partial charge on any atom is 0.339 e. The normalized spacial score (nSPS) is 10.3. The number of halogens is 3. The predicted molar refractivity (Wildman–Crippen MR) is 78.6 cm³/mol. The van der Waals surface area contributed by atoms with E-state index in [0.29, 0.717) is 0 Å². The molecule has 0 aliphatic heterocycles. The second-order valence-electron chi connectivity index (χ2n) is 3.60. The molecule has 0 saturated heterocycles. The molecule has 2 rings (SSSR count). The standard InChI is InChI=1S/C12H7ClFIN2O2/c13-7-4-16-5-10(11(7)12(18)19)17-9-2-1-6(15)3-8(9)14/h1-5,17H,(H,18,19). The van der Waals surface area contributed by atoms with Crippen LogP contribution in [-0.4, -0.2) is 16.1 Å². The molecule has 2 aromatic rings. The molecule has 0 spiro atoms. The lowest BCUT2D eigenvalue weighted by Crippen LogP contribution is -2.05. The van der Waals surface area contributed by atoms with E-state index in [-0.39, 0.29) is 22.0 Å². The van der Waals surface area contributed by atoms with Crippen LogP contribution in [-0.2, 0) is 0 Å². The van der Waals surface area contributed by atoms with Crippen LogP contribution in [0.4, 0.5) is 15.8 Å². The molecule has 4 nitrogen and oxygen atoms in total. The van der Waals surface area contributed by atoms with Gasteiger partial charge in [-0.15, -0.1) is 0 Å². The Balaban J connectivity index is 2.44. The van der Waals surface area contributed by atoms with Crippen molar-refractivity contribution in [1.82, 2.24) is 4.98 Å². The van der Waals surface area contributed by atoms with Crippen molar-refractivity contribution in [2.75, 3.05) is 5.32 Å². The van der Waals surface area contributed by atoms with E-state index in [1.165, 1.54) is 24.5 Å². The van der Waals surface area contributed by atoms with Crippen LogP contribution in [0.3, 0.4) is 0 Å². The van der Waals surface area contributed by atoms with Gasteiger partial charge in [-0.1, -0.05) is 11.6 Å². The van der Waals surface area contributed by atoms with Crippen LogP contribution in [0.2, 0.25) is 5.02 Å². The smallest absolute Gasteiger partial charge is 0.339 e. The van der Waals surface area contributed by atoms with Gasteiger partial charge < -0.3 is 10.4 Å². The summed E-state index contributed by atoms with van der Waals surface area (Å²) in [5.41, 5.74) is 0.154. The van der Waals surface area contributed by atoms with E-state index in [0.717, 1.165) is 3.57 Å². The fourth-order valence-electron chi connectivity index (χ4n) is 1.48. The Hall–Kier alpha value is -1.41. The van der Waals surface area contributed by atoms with Crippen molar-refractivity contribution in [1.29, 1.82) is 0 Å². The van der Waals surface area contributed by atoms with Gasteiger partial charge in [-0.05, 0) is 40.8 Å². The highest BCUT2D eigenvalue weighted by Gasteiger charge is 2.16. The van der Waals surface area contributed by atoms with Gasteiger partial charge in [-0.3, -0.25) is 4.98 Å². The number of hydrogen-bond acceptors (Lipinski definition) is 3. The third kappa shape index (κ3) is 3.13. The van der Waals surface area contributed by atoms with Crippen molar-refractivity contribution >= 4 is 51.5 Å². The second kappa shape index (κ2) is 5.70. The van der Waals surface area contributed by atoms with Crippen LogP contribution >= 0.6 is 34.2 Å². The molecule has 0 radical (unpaired) electrons. The Morgan fingerprint density at radius 1 is 1.37 bits per heavy atom. The highest BCUT2D eigenvalue weighted by atomic mass is 127. The van der Waals surface area contributed by atoms with Gasteiger partial charge in [0.2, 0.25) is 0 Å². The molecule has 0 amide bonds. The molecule has 0 aliphatic carbocycles. The number of pyridine rings is 1. The van der Waals surface area contributed by atoms with E-state index in [1.54, 1.807) is 6.07 Å². The molecule has 98 valence electrons. The van der Waals surface area contributed by atoms with Gasteiger partial charge in [0.1, 0.15) is 11.4 Å². The summed E-state index contributed by atoms with van der Waals surface area (Å²) in [5.74, 6) is -1.69. The average Bonchev–Trinajstić information content (AvgIpc) is 2.32. The molecule has 2 N–H and O–H groups in total. The summed E-state index contributed by atoms with van der Waals surface area (Å²) in [6, 6.07) is 4.55. The number of aromatic nitrogens is 1. The van der Waals surface area contributed by atoms with Crippen LogP contribution in [0.1, 0.15) is 10.4 Å². The summed E-state index contributed by atoms with van der Waals surface area (Å²) in [7, 11) is 0. The van der Waals surface area contributed by atoms with Crippen molar-refractivity contribution in [2.45, 2.75) is 0 Å². The molecule has 7 heteroatoms. The lowest BCUT2D eigenvalue weighted by Gasteiger charge is -2.11. The van der Waals surface area contributed by atoms with E-state index in [1.807, 2.05) is 22.6 Å². The molecular formula is C12H7ClFIN2O2. The Labute approximate surface area is 126 Å². The van der Waals surface area contributed by atoms with Crippen molar-refractivity contribution in [3.63, 3.8) is 0 Å². The van der Waals surface area contributed by atoms with Crippen LogP contribution in [0.25, 0.3) is 0 Å². The van der Waals surface area contributed by atoms with E-state index < -0.39 is 11.8 Å². The molecule has 0 saturated carbocycles. The molecule has 0 unspecified atom stereocenters. The summed E-state index contributed by atoms with van der Waals surface area (Å²) in [4.78, 5) is 14.9. The zero-order chi connectivity index (χ0) is 14.0. The Morgan fingerprint density at radius 3 is 2.74 bits per heavy atom. The predicted octanol–water partition coefficient (Wildman–Crippen LogP) is 3.92. The maximum atomic E-state index is 13.7. The minimum Gasteiger partial charge on any atom is -0.478 e. The molecule has 1 aromatic heterocycles. The maximum absolute atomic E-state index is 13.7. The fraction of sp³-hybridized carbons (Fsp3) is 0. The summed E-state index contributed by atoms with van der Waals surface area (Å²) in [6.07, 6.45) is 2.51. The van der Waals surface area contributed by atoms with E-state index in [2.05, 4.69) is 10.3 Å². The largest absolute Gasteiger partial charge is 0.478 e. The first-order valence-corrected chi connectivity index (χ1v) is 6.53. The number of aromatic carboxylic acids is 1. The number of anilines is 2. The lowest BCUT2D eigenvalue weighted by molar-refractivity contribution is 0.0698. The van der Waals surface area contributed by atoms with Gasteiger partial charge in [0, 0.05) is 9.77 Å². The highest BCUT2D eigenvalue weighted by Crippen LogP contribution is 2.27. The zero-order valence-electron chi connectivity index (χ0n) is 9.32. The number of carboxylic acid groups (broad SMARTS) is 1. The van der Waals surface area contributed by atoms with Gasteiger partial charge in [-0.25, -0.2) is 9.18 Å². The molecule has 19 heavy (non-hydrogen) atoms. The number of nitrogens with one attached hydrogen (secondary N) is 1. The van der Waals surface area contributed by atoms with Gasteiger partial charge >= 0.3 is 5.97 Å². The quantitative estimate of drug-likeness (QED) is 0.777. The molecule has 0 aliphatic rings. The van der Waals surface area contributed by atoms with E-state index in [9.17, 15) is 9.18 Å². The molecule has 0 fully saturated rings. The molecular weight excluding hydrogens is 385 g/mol. The van der Waals surface area contributed by atoms with Crippen LogP contribution < -0.4 is 5.32 Å². The first-order valence-electron chi connectivity index (χ1n) is 5.08. The van der Waals surface area contributed by atoms with Crippen LogP contribution in [0, 0.1) is 9.39 Å².